The highest BCUT2D eigenvalue weighted by molar-refractivity contribution is 5.88. The highest BCUT2D eigenvalue weighted by Gasteiger charge is 2.30. The van der Waals surface area contributed by atoms with Crippen LogP contribution in [-0.2, 0) is 22.6 Å². The molecule has 1 N–H and O–H groups in total. The summed E-state index contributed by atoms with van der Waals surface area (Å²) in [6.07, 6.45) is 0.424. The van der Waals surface area contributed by atoms with Crippen LogP contribution in [0.4, 0.5) is 0 Å². The van der Waals surface area contributed by atoms with E-state index in [0.717, 1.165) is 27.8 Å². The second-order valence-electron chi connectivity index (χ2n) is 8.61. The minimum atomic E-state index is -0.656. The number of nitrogens with zero attached hydrogens (tertiary/aromatic N) is 1. The van der Waals surface area contributed by atoms with Gasteiger partial charge in [0, 0.05) is 19.5 Å². The molecule has 0 radical (unpaired) electrons. The van der Waals surface area contributed by atoms with Crippen LogP contribution in [0.5, 0.6) is 5.75 Å². The van der Waals surface area contributed by atoms with Crippen molar-refractivity contribution in [2.24, 2.45) is 0 Å². The van der Waals surface area contributed by atoms with E-state index < -0.39 is 6.04 Å². The van der Waals surface area contributed by atoms with Crippen molar-refractivity contribution in [3.8, 4) is 5.75 Å². The molecule has 0 unspecified atom stereocenters. The lowest BCUT2D eigenvalue weighted by molar-refractivity contribution is -0.142. The van der Waals surface area contributed by atoms with E-state index in [0.29, 0.717) is 25.3 Å². The molecule has 5 heteroatoms. The monoisotopic (exact) mass is 458 g/mol. The SMILES string of the molecule is CCNC(=O)[C@H](Cc1ccccc1)N(Cc1ccccc1C)C(=O)COc1cc(C)ccc1C. The molecular weight excluding hydrogens is 424 g/mol. The van der Waals surface area contributed by atoms with Crippen molar-refractivity contribution in [3.05, 3.63) is 101 Å². The number of carbonyl (C=O) groups is 2. The van der Waals surface area contributed by atoms with Crippen LogP contribution in [0.15, 0.2) is 72.8 Å². The van der Waals surface area contributed by atoms with Crippen molar-refractivity contribution in [1.29, 1.82) is 0 Å². The number of carbonyl (C=O) groups excluding carboxylic acids is 2. The van der Waals surface area contributed by atoms with E-state index in [1.165, 1.54) is 0 Å². The minimum absolute atomic E-state index is 0.138. The Labute approximate surface area is 202 Å². The zero-order chi connectivity index (χ0) is 24.5. The molecule has 0 saturated carbocycles. The van der Waals surface area contributed by atoms with Crippen molar-refractivity contribution in [2.75, 3.05) is 13.2 Å². The van der Waals surface area contributed by atoms with Crippen molar-refractivity contribution >= 4 is 11.8 Å². The number of likely N-dealkylation sites (N-methyl/N-ethyl adjacent to an activating group) is 1. The predicted octanol–water partition coefficient (Wildman–Crippen LogP) is 4.77. The van der Waals surface area contributed by atoms with E-state index in [2.05, 4.69) is 5.32 Å². The van der Waals surface area contributed by atoms with Crippen molar-refractivity contribution in [1.82, 2.24) is 10.2 Å². The normalized spacial score (nSPS) is 11.5. The summed E-state index contributed by atoms with van der Waals surface area (Å²) < 4.78 is 5.95. The topological polar surface area (TPSA) is 58.6 Å². The Balaban J connectivity index is 1.92. The number of hydrogen-bond donors (Lipinski definition) is 1. The van der Waals surface area contributed by atoms with Gasteiger partial charge < -0.3 is 15.0 Å². The first kappa shape index (κ1) is 25.0. The molecule has 0 aliphatic carbocycles. The molecule has 0 saturated heterocycles. The van der Waals surface area contributed by atoms with Gasteiger partial charge in [-0.05, 0) is 61.6 Å². The summed E-state index contributed by atoms with van der Waals surface area (Å²) in [5.41, 5.74) is 5.11. The Hall–Kier alpha value is -3.60. The Morgan fingerprint density at radius 3 is 2.32 bits per heavy atom. The summed E-state index contributed by atoms with van der Waals surface area (Å²) in [5, 5.41) is 2.92. The molecule has 1 atom stereocenters. The lowest BCUT2D eigenvalue weighted by Crippen LogP contribution is -2.51. The Morgan fingerprint density at radius 2 is 1.62 bits per heavy atom. The van der Waals surface area contributed by atoms with Gasteiger partial charge in [-0.2, -0.15) is 0 Å². The summed E-state index contributed by atoms with van der Waals surface area (Å²) >= 11 is 0. The first-order valence-corrected chi connectivity index (χ1v) is 11.7. The molecule has 3 rings (SSSR count). The third kappa shape index (κ3) is 6.70. The molecular formula is C29H34N2O3. The maximum atomic E-state index is 13.6. The lowest BCUT2D eigenvalue weighted by atomic mass is 10.0. The molecule has 3 aromatic carbocycles. The molecule has 0 fully saturated rings. The van der Waals surface area contributed by atoms with E-state index in [9.17, 15) is 9.59 Å². The van der Waals surface area contributed by atoms with E-state index >= 15 is 0 Å². The van der Waals surface area contributed by atoms with Gasteiger partial charge in [0.1, 0.15) is 11.8 Å². The number of aryl methyl sites for hydroxylation is 3. The Bertz CT molecular complexity index is 1110. The van der Waals surface area contributed by atoms with Crippen LogP contribution in [-0.4, -0.2) is 35.9 Å². The first-order valence-electron chi connectivity index (χ1n) is 11.7. The molecule has 0 aliphatic heterocycles. The van der Waals surface area contributed by atoms with Crippen molar-refractivity contribution in [3.63, 3.8) is 0 Å². The largest absolute Gasteiger partial charge is 0.483 e. The molecule has 34 heavy (non-hydrogen) atoms. The van der Waals surface area contributed by atoms with Crippen LogP contribution in [0.2, 0.25) is 0 Å². The lowest BCUT2D eigenvalue weighted by Gasteiger charge is -2.32. The standard InChI is InChI=1S/C29H34N2O3/c1-5-30-29(33)26(18-24-12-7-6-8-13-24)31(19-25-14-10-9-11-22(25)3)28(32)20-34-27-17-21(2)15-16-23(27)4/h6-17,26H,5,18-20H2,1-4H3,(H,30,33)/t26-/m0/s1. The Kier molecular flexibility index (Phi) is 8.86. The van der Waals surface area contributed by atoms with Crippen LogP contribution in [0, 0.1) is 20.8 Å². The second-order valence-corrected chi connectivity index (χ2v) is 8.61. The van der Waals surface area contributed by atoms with Gasteiger partial charge in [0.15, 0.2) is 6.61 Å². The van der Waals surface area contributed by atoms with Gasteiger partial charge in [-0.3, -0.25) is 9.59 Å². The van der Waals surface area contributed by atoms with Gasteiger partial charge >= 0.3 is 0 Å². The van der Waals surface area contributed by atoms with Crippen molar-refractivity contribution in [2.45, 2.75) is 46.7 Å². The van der Waals surface area contributed by atoms with E-state index in [1.54, 1.807) is 4.90 Å². The minimum Gasteiger partial charge on any atom is -0.483 e. The predicted molar refractivity (Wildman–Crippen MR) is 136 cm³/mol. The number of ether oxygens (including phenoxy) is 1. The second kappa shape index (κ2) is 12.0. The fourth-order valence-corrected chi connectivity index (χ4v) is 3.90. The molecule has 0 spiro atoms. The Morgan fingerprint density at radius 1 is 0.912 bits per heavy atom. The summed E-state index contributed by atoms with van der Waals surface area (Å²) in [7, 11) is 0. The van der Waals surface area contributed by atoms with E-state index in [1.807, 2.05) is 100 Å². The van der Waals surface area contributed by atoms with Gasteiger partial charge in [0.25, 0.3) is 5.91 Å². The molecule has 5 nitrogen and oxygen atoms in total. The summed E-state index contributed by atoms with van der Waals surface area (Å²) in [6.45, 7) is 8.53. The smallest absolute Gasteiger partial charge is 0.261 e. The van der Waals surface area contributed by atoms with Gasteiger partial charge in [0.2, 0.25) is 5.91 Å². The van der Waals surface area contributed by atoms with Crippen molar-refractivity contribution < 1.29 is 14.3 Å². The quantitative estimate of drug-likeness (QED) is 0.476. The maximum absolute atomic E-state index is 13.6. The fourth-order valence-electron chi connectivity index (χ4n) is 3.90. The van der Waals surface area contributed by atoms with Crippen LogP contribution >= 0.6 is 0 Å². The highest BCUT2D eigenvalue weighted by Crippen LogP contribution is 2.21. The summed E-state index contributed by atoms with van der Waals surface area (Å²) in [4.78, 5) is 28.4. The molecule has 3 aromatic rings. The molecule has 0 bridgehead atoms. The third-order valence-corrected chi connectivity index (χ3v) is 5.92. The molecule has 0 aromatic heterocycles. The highest BCUT2D eigenvalue weighted by atomic mass is 16.5. The van der Waals surface area contributed by atoms with Gasteiger partial charge in [0.05, 0.1) is 0 Å². The average Bonchev–Trinajstić information content (AvgIpc) is 2.83. The van der Waals surface area contributed by atoms with E-state index in [4.69, 9.17) is 4.74 Å². The number of benzene rings is 3. The molecule has 0 aliphatic rings. The van der Waals surface area contributed by atoms with Crippen LogP contribution < -0.4 is 10.1 Å². The molecule has 2 amide bonds. The number of nitrogens with one attached hydrogen (secondary N) is 1. The molecule has 0 heterocycles. The zero-order valence-electron chi connectivity index (χ0n) is 20.5. The van der Waals surface area contributed by atoms with Gasteiger partial charge in [-0.1, -0.05) is 66.7 Å². The maximum Gasteiger partial charge on any atom is 0.261 e. The number of hydrogen-bond acceptors (Lipinski definition) is 3. The average molecular weight is 459 g/mol. The number of amides is 2. The summed E-state index contributed by atoms with van der Waals surface area (Å²) in [5.74, 6) is 0.290. The van der Waals surface area contributed by atoms with Gasteiger partial charge in [-0.15, -0.1) is 0 Å². The molecule has 178 valence electrons. The summed E-state index contributed by atoms with van der Waals surface area (Å²) in [6, 6.07) is 23.0. The fraction of sp³-hybridized carbons (Fsp3) is 0.310. The van der Waals surface area contributed by atoms with Gasteiger partial charge in [-0.25, -0.2) is 0 Å². The van der Waals surface area contributed by atoms with Crippen LogP contribution in [0.3, 0.4) is 0 Å². The number of rotatable bonds is 10. The van der Waals surface area contributed by atoms with Crippen LogP contribution in [0.1, 0.15) is 34.7 Å². The van der Waals surface area contributed by atoms with E-state index in [-0.39, 0.29) is 18.4 Å². The first-order chi connectivity index (χ1) is 16.4. The third-order valence-electron chi connectivity index (χ3n) is 5.92. The van der Waals surface area contributed by atoms with Crippen LogP contribution in [0.25, 0.3) is 0 Å². The zero-order valence-corrected chi connectivity index (χ0v) is 20.5.